The van der Waals surface area contributed by atoms with E-state index in [0.717, 1.165) is 30.2 Å². The average Bonchev–Trinajstić information content (AvgIpc) is 2.19. The largest absolute Gasteiger partial charge is 0.372 e. The molecule has 1 aliphatic heterocycles. The molecule has 0 saturated carbocycles. The minimum atomic E-state index is 0.109. The van der Waals surface area contributed by atoms with Crippen LogP contribution in [-0.2, 0) is 11.2 Å². The first-order valence-electron chi connectivity index (χ1n) is 4.86. The zero-order valence-corrected chi connectivity index (χ0v) is 8.97. The van der Waals surface area contributed by atoms with Crippen LogP contribution < -0.4 is 5.32 Å². The molecular weight excluding hydrogens is 198 g/mol. The topological polar surface area (TPSA) is 21.3 Å². The Morgan fingerprint density at radius 1 is 1.57 bits per heavy atom. The molecule has 1 aliphatic rings. The fourth-order valence-electron chi connectivity index (χ4n) is 1.90. The minimum Gasteiger partial charge on any atom is -0.372 e. The molecule has 1 aromatic carbocycles. The Labute approximate surface area is 89.2 Å². The fourth-order valence-corrected chi connectivity index (χ4v) is 2.22. The van der Waals surface area contributed by atoms with Crippen molar-refractivity contribution in [3.8, 4) is 0 Å². The maximum atomic E-state index is 6.16. The Hall–Kier alpha value is -0.570. The van der Waals surface area contributed by atoms with Crippen LogP contribution >= 0.6 is 11.6 Å². The van der Waals surface area contributed by atoms with Gasteiger partial charge >= 0.3 is 0 Å². The second kappa shape index (κ2) is 4.30. The van der Waals surface area contributed by atoms with E-state index in [1.165, 1.54) is 5.56 Å². The number of nitrogens with one attached hydrogen (secondary N) is 1. The van der Waals surface area contributed by atoms with Crippen LogP contribution in [-0.4, -0.2) is 20.2 Å². The molecule has 14 heavy (non-hydrogen) atoms. The highest BCUT2D eigenvalue weighted by atomic mass is 35.5. The van der Waals surface area contributed by atoms with Crippen LogP contribution in [0.1, 0.15) is 17.2 Å². The average molecular weight is 212 g/mol. The first-order valence-corrected chi connectivity index (χ1v) is 5.24. The molecule has 2 nitrogen and oxygen atoms in total. The molecule has 0 unspecified atom stereocenters. The molecular formula is C11H14ClNO. The van der Waals surface area contributed by atoms with Crippen LogP contribution in [0.4, 0.5) is 0 Å². The number of ether oxygens (including phenoxy) is 1. The van der Waals surface area contributed by atoms with Crippen molar-refractivity contribution in [2.45, 2.75) is 12.5 Å². The Morgan fingerprint density at radius 3 is 3.21 bits per heavy atom. The highest BCUT2D eigenvalue weighted by Gasteiger charge is 2.22. The van der Waals surface area contributed by atoms with E-state index in [-0.39, 0.29) is 6.10 Å². The van der Waals surface area contributed by atoms with Crippen LogP contribution in [0.5, 0.6) is 0 Å². The van der Waals surface area contributed by atoms with Crippen molar-refractivity contribution in [1.82, 2.24) is 5.32 Å². The second-order valence-corrected chi connectivity index (χ2v) is 3.89. The monoisotopic (exact) mass is 211 g/mol. The summed E-state index contributed by atoms with van der Waals surface area (Å²) in [4.78, 5) is 0. The molecule has 1 aromatic rings. The molecule has 0 spiro atoms. The minimum absolute atomic E-state index is 0.109. The Bertz CT molecular complexity index is 327. The van der Waals surface area contributed by atoms with Crippen LogP contribution in [0.3, 0.4) is 0 Å². The SMILES string of the molecule is CNC[C@@H]1OCCc2cccc(Cl)c21. The van der Waals surface area contributed by atoms with Crippen molar-refractivity contribution in [2.24, 2.45) is 0 Å². The summed E-state index contributed by atoms with van der Waals surface area (Å²) in [6.07, 6.45) is 1.08. The summed E-state index contributed by atoms with van der Waals surface area (Å²) >= 11 is 6.16. The smallest absolute Gasteiger partial charge is 0.0966 e. The Balaban J connectivity index is 2.36. The first-order chi connectivity index (χ1) is 6.83. The zero-order chi connectivity index (χ0) is 9.97. The van der Waals surface area contributed by atoms with E-state index in [4.69, 9.17) is 16.3 Å². The van der Waals surface area contributed by atoms with Gasteiger partial charge in [-0.05, 0) is 25.1 Å². The lowest BCUT2D eigenvalue weighted by Gasteiger charge is -2.26. The molecule has 0 radical (unpaired) electrons. The third-order valence-corrected chi connectivity index (χ3v) is 2.87. The highest BCUT2D eigenvalue weighted by molar-refractivity contribution is 6.31. The summed E-state index contributed by atoms with van der Waals surface area (Å²) in [5.41, 5.74) is 2.48. The van der Waals surface area contributed by atoms with E-state index in [9.17, 15) is 0 Å². The van der Waals surface area contributed by atoms with Crippen LogP contribution in [0.15, 0.2) is 18.2 Å². The maximum absolute atomic E-state index is 6.16. The van der Waals surface area contributed by atoms with Gasteiger partial charge < -0.3 is 10.1 Å². The zero-order valence-electron chi connectivity index (χ0n) is 8.22. The third-order valence-electron chi connectivity index (χ3n) is 2.55. The summed E-state index contributed by atoms with van der Waals surface area (Å²) in [7, 11) is 1.93. The number of fused-ring (bicyclic) bond motifs is 1. The van der Waals surface area contributed by atoms with E-state index in [1.54, 1.807) is 0 Å². The van der Waals surface area contributed by atoms with E-state index < -0.39 is 0 Å². The molecule has 1 atom stereocenters. The summed E-state index contributed by atoms with van der Waals surface area (Å²) in [5.74, 6) is 0. The molecule has 0 amide bonds. The summed E-state index contributed by atoms with van der Waals surface area (Å²) in [6.45, 7) is 1.61. The van der Waals surface area contributed by atoms with E-state index in [2.05, 4.69) is 11.4 Å². The number of benzene rings is 1. The number of hydrogen-bond donors (Lipinski definition) is 1. The predicted molar refractivity (Wildman–Crippen MR) is 57.8 cm³/mol. The quantitative estimate of drug-likeness (QED) is 0.810. The van der Waals surface area contributed by atoms with Crippen molar-refractivity contribution in [2.75, 3.05) is 20.2 Å². The number of halogens is 1. The lowest BCUT2D eigenvalue weighted by atomic mass is 9.97. The first kappa shape index (κ1) is 9.97. The van der Waals surface area contributed by atoms with Gasteiger partial charge in [0.05, 0.1) is 12.7 Å². The Kier molecular flexibility index (Phi) is 3.06. The maximum Gasteiger partial charge on any atom is 0.0966 e. The van der Waals surface area contributed by atoms with Crippen molar-refractivity contribution in [3.05, 3.63) is 34.3 Å². The van der Waals surface area contributed by atoms with Gasteiger partial charge in [0.1, 0.15) is 0 Å². The van der Waals surface area contributed by atoms with E-state index in [1.807, 2.05) is 19.2 Å². The van der Waals surface area contributed by atoms with Gasteiger partial charge in [-0.15, -0.1) is 0 Å². The van der Waals surface area contributed by atoms with E-state index in [0.29, 0.717) is 0 Å². The van der Waals surface area contributed by atoms with Gasteiger partial charge in [0.2, 0.25) is 0 Å². The summed E-state index contributed by atoms with van der Waals surface area (Å²) in [5, 5.41) is 3.94. The van der Waals surface area contributed by atoms with Gasteiger partial charge in [0.15, 0.2) is 0 Å². The predicted octanol–water partition coefficient (Wildman–Crippen LogP) is 2.17. The molecule has 0 saturated heterocycles. The van der Waals surface area contributed by atoms with Gasteiger partial charge in [0.25, 0.3) is 0 Å². The van der Waals surface area contributed by atoms with Crippen molar-refractivity contribution < 1.29 is 4.74 Å². The van der Waals surface area contributed by atoms with Gasteiger partial charge in [-0.1, -0.05) is 23.7 Å². The van der Waals surface area contributed by atoms with Gasteiger partial charge in [-0.25, -0.2) is 0 Å². The molecule has 76 valence electrons. The number of hydrogen-bond acceptors (Lipinski definition) is 2. The molecule has 0 aromatic heterocycles. The summed E-state index contributed by atoms with van der Waals surface area (Å²) in [6, 6.07) is 6.06. The van der Waals surface area contributed by atoms with Crippen molar-refractivity contribution >= 4 is 11.6 Å². The van der Waals surface area contributed by atoms with Crippen molar-refractivity contribution in [1.29, 1.82) is 0 Å². The Morgan fingerprint density at radius 2 is 2.43 bits per heavy atom. The standard InChI is InChI=1S/C11H14ClNO/c1-13-7-10-11-8(5-6-14-10)3-2-4-9(11)12/h2-4,10,13H,5-7H2,1H3/t10-/m0/s1. The highest BCUT2D eigenvalue weighted by Crippen LogP contribution is 2.32. The van der Waals surface area contributed by atoms with Crippen LogP contribution in [0, 0.1) is 0 Å². The molecule has 0 aliphatic carbocycles. The number of rotatable bonds is 2. The summed E-state index contributed by atoms with van der Waals surface area (Å²) < 4.78 is 5.68. The molecule has 2 rings (SSSR count). The third kappa shape index (κ3) is 1.78. The van der Waals surface area contributed by atoms with Gasteiger partial charge in [0, 0.05) is 17.1 Å². The van der Waals surface area contributed by atoms with E-state index >= 15 is 0 Å². The molecule has 1 heterocycles. The molecule has 1 N–H and O–H groups in total. The lowest BCUT2D eigenvalue weighted by Crippen LogP contribution is -2.25. The molecule has 0 bridgehead atoms. The second-order valence-electron chi connectivity index (χ2n) is 3.48. The number of likely N-dealkylation sites (N-methyl/N-ethyl adjacent to an activating group) is 1. The van der Waals surface area contributed by atoms with Crippen LogP contribution in [0.2, 0.25) is 5.02 Å². The van der Waals surface area contributed by atoms with Crippen molar-refractivity contribution in [3.63, 3.8) is 0 Å². The fraction of sp³-hybridized carbons (Fsp3) is 0.455. The van der Waals surface area contributed by atoms with Gasteiger partial charge in [-0.2, -0.15) is 0 Å². The molecule has 3 heteroatoms. The van der Waals surface area contributed by atoms with Crippen LogP contribution in [0.25, 0.3) is 0 Å². The molecule has 0 fully saturated rings. The lowest BCUT2D eigenvalue weighted by molar-refractivity contribution is 0.0439. The normalized spacial score (nSPS) is 20.6. The van der Waals surface area contributed by atoms with Gasteiger partial charge in [-0.3, -0.25) is 0 Å².